The van der Waals surface area contributed by atoms with E-state index in [0.717, 1.165) is 0 Å². The molecule has 2 N–H and O–H groups in total. The number of carbonyl (C=O) groups is 3. The first-order valence-corrected chi connectivity index (χ1v) is 10.8. The van der Waals surface area contributed by atoms with E-state index in [9.17, 15) is 18.8 Å². The summed E-state index contributed by atoms with van der Waals surface area (Å²) in [7, 11) is 0. The molecule has 0 spiro atoms. The second-order valence-electron chi connectivity index (χ2n) is 8.89. The molecule has 0 aliphatic carbocycles. The van der Waals surface area contributed by atoms with E-state index >= 15 is 0 Å². The number of nitrogens with one attached hydrogen (secondary N) is 2. The SMILES string of the molecule is CC(C)CNC(=O)[C@H](NC(=O)c1ccccc1F)C1CCN(C(=O)CC(C)C)CC1. The minimum atomic E-state index is -0.766. The lowest BCUT2D eigenvalue weighted by Crippen LogP contribution is -2.54. The summed E-state index contributed by atoms with van der Waals surface area (Å²) in [5.41, 5.74) is -0.0799. The van der Waals surface area contributed by atoms with E-state index in [1.807, 2.05) is 32.6 Å². The Balaban J connectivity index is 2.08. The lowest BCUT2D eigenvalue weighted by molar-refractivity contribution is -0.133. The molecule has 1 heterocycles. The van der Waals surface area contributed by atoms with Gasteiger partial charge in [0, 0.05) is 26.1 Å². The van der Waals surface area contributed by atoms with E-state index in [1.54, 1.807) is 6.07 Å². The van der Waals surface area contributed by atoms with Gasteiger partial charge in [0.1, 0.15) is 11.9 Å². The van der Waals surface area contributed by atoms with Gasteiger partial charge in [-0.25, -0.2) is 4.39 Å². The van der Waals surface area contributed by atoms with Crippen LogP contribution in [0.3, 0.4) is 0 Å². The fourth-order valence-corrected chi connectivity index (χ4v) is 3.64. The van der Waals surface area contributed by atoms with Crippen molar-refractivity contribution in [3.8, 4) is 0 Å². The fourth-order valence-electron chi connectivity index (χ4n) is 3.64. The number of likely N-dealkylation sites (tertiary alicyclic amines) is 1. The van der Waals surface area contributed by atoms with Crippen molar-refractivity contribution in [1.82, 2.24) is 15.5 Å². The maximum absolute atomic E-state index is 14.0. The van der Waals surface area contributed by atoms with Gasteiger partial charge in [-0.15, -0.1) is 0 Å². The Labute approximate surface area is 178 Å². The highest BCUT2D eigenvalue weighted by Crippen LogP contribution is 2.23. The molecule has 7 heteroatoms. The number of rotatable bonds is 8. The third-order valence-electron chi connectivity index (χ3n) is 5.32. The number of piperidine rings is 1. The van der Waals surface area contributed by atoms with Crippen LogP contribution in [0.4, 0.5) is 4.39 Å². The molecule has 1 atom stereocenters. The molecule has 166 valence electrons. The predicted octanol–water partition coefficient (Wildman–Crippen LogP) is 2.98. The molecule has 0 saturated carbocycles. The van der Waals surface area contributed by atoms with Crippen LogP contribution in [0.2, 0.25) is 0 Å². The standard InChI is InChI=1S/C23H34FN3O3/c1-15(2)13-20(28)27-11-9-17(10-12-27)21(23(30)25-14-16(3)4)26-22(29)18-7-5-6-8-19(18)24/h5-8,15-17,21H,9-14H2,1-4H3,(H,25,30)(H,26,29)/t21-/m1/s1. The van der Waals surface area contributed by atoms with Crippen molar-refractivity contribution < 1.29 is 18.8 Å². The van der Waals surface area contributed by atoms with Gasteiger partial charge in [0.25, 0.3) is 5.91 Å². The summed E-state index contributed by atoms with van der Waals surface area (Å²) in [5, 5.41) is 5.63. The molecule has 6 nitrogen and oxygen atoms in total. The predicted molar refractivity (Wildman–Crippen MR) is 114 cm³/mol. The van der Waals surface area contributed by atoms with Gasteiger partial charge in [0.2, 0.25) is 11.8 Å². The lowest BCUT2D eigenvalue weighted by Gasteiger charge is -2.36. The van der Waals surface area contributed by atoms with E-state index in [0.29, 0.717) is 44.8 Å². The number of amides is 3. The minimum Gasteiger partial charge on any atom is -0.354 e. The summed E-state index contributed by atoms with van der Waals surface area (Å²) in [4.78, 5) is 39.7. The van der Waals surface area contributed by atoms with Crippen LogP contribution in [-0.4, -0.2) is 48.3 Å². The molecule has 0 unspecified atom stereocenters. The molecule has 0 aromatic heterocycles. The normalized spacial score (nSPS) is 15.9. The number of hydrogen-bond acceptors (Lipinski definition) is 3. The molecule has 1 saturated heterocycles. The first-order chi connectivity index (χ1) is 14.2. The van der Waals surface area contributed by atoms with Crippen LogP contribution < -0.4 is 10.6 Å². The van der Waals surface area contributed by atoms with Gasteiger partial charge in [-0.1, -0.05) is 39.8 Å². The zero-order valence-corrected chi connectivity index (χ0v) is 18.4. The van der Waals surface area contributed by atoms with Gasteiger partial charge in [0.15, 0.2) is 0 Å². The third kappa shape index (κ3) is 6.82. The first-order valence-electron chi connectivity index (χ1n) is 10.8. The highest BCUT2D eigenvalue weighted by Gasteiger charge is 2.34. The van der Waals surface area contributed by atoms with E-state index in [4.69, 9.17) is 0 Å². The molecule has 1 aromatic rings. The number of hydrogen-bond donors (Lipinski definition) is 2. The van der Waals surface area contributed by atoms with Crippen molar-refractivity contribution in [3.05, 3.63) is 35.6 Å². The monoisotopic (exact) mass is 419 g/mol. The molecule has 1 aliphatic heterocycles. The highest BCUT2D eigenvalue weighted by atomic mass is 19.1. The summed E-state index contributed by atoms with van der Waals surface area (Å²) >= 11 is 0. The molecule has 0 radical (unpaired) electrons. The Bertz CT molecular complexity index is 743. The maximum atomic E-state index is 14.0. The first kappa shape index (κ1) is 23.8. The zero-order valence-electron chi connectivity index (χ0n) is 18.4. The van der Waals surface area contributed by atoms with Crippen LogP contribution in [0.25, 0.3) is 0 Å². The molecular weight excluding hydrogens is 385 g/mol. The second-order valence-corrected chi connectivity index (χ2v) is 8.89. The van der Waals surface area contributed by atoms with Crippen molar-refractivity contribution in [2.45, 2.75) is 53.0 Å². The summed E-state index contributed by atoms with van der Waals surface area (Å²) in [5.74, 6) is -0.908. The Morgan fingerprint density at radius 1 is 1.07 bits per heavy atom. The zero-order chi connectivity index (χ0) is 22.3. The summed E-state index contributed by atoms with van der Waals surface area (Å²) < 4.78 is 14.0. The Hall–Kier alpha value is -2.44. The molecule has 1 fully saturated rings. The van der Waals surface area contributed by atoms with Crippen LogP contribution in [0.1, 0.15) is 57.3 Å². The fraction of sp³-hybridized carbons (Fsp3) is 0.609. The van der Waals surface area contributed by atoms with Crippen molar-refractivity contribution in [3.63, 3.8) is 0 Å². The molecule has 2 rings (SSSR count). The lowest BCUT2D eigenvalue weighted by atomic mass is 9.88. The molecule has 1 aliphatic rings. The minimum absolute atomic E-state index is 0.0799. The Morgan fingerprint density at radius 3 is 2.27 bits per heavy atom. The number of nitrogens with zero attached hydrogens (tertiary/aromatic N) is 1. The third-order valence-corrected chi connectivity index (χ3v) is 5.32. The van der Waals surface area contributed by atoms with Crippen molar-refractivity contribution in [2.24, 2.45) is 17.8 Å². The second kappa shape index (κ2) is 11.1. The van der Waals surface area contributed by atoms with Gasteiger partial charge < -0.3 is 15.5 Å². The molecule has 1 aromatic carbocycles. The number of benzene rings is 1. The van der Waals surface area contributed by atoms with Gasteiger partial charge in [-0.3, -0.25) is 14.4 Å². The molecule has 3 amide bonds. The van der Waals surface area contributed by atoms with Crippen molar-refractivity contribution in [1.29, 1.82) is 0 Å². The molecular formula is C23H34FN3O3. The van der Waals surface area contributed by atoms with Crippen LogP contribution in [0.15, 0.2) is 24.3 Å². The van der Waals surface area contributed by atoms with E-state index in [2.05, 4.69) is 10.6 Å². The van der Waals surface area contributed by atoms with E-state index in [-0.39, 0.29) is 29.2 Å². The van der Waals surface area contributed by atoms with E-state index in [1.165, 1.54) is 18.2 Å². The average Bonchev–Trinajstić information content (AvgIpc) is 2.70. The van der Waals surface area contributed by atoms with Crippen molar-refractivity contribution >= 4 is 17.7 Å². The Morgan fingerprint density at radius 2 is 1.70 bits per heavy atom. The number of halogens is 1. The van der Waals surface area contributed by atoms with Crippen LogP contribution in [0.5, 0.6) is 0 Å². The Kier molecular flexibility index (Phi) is 8.81. The van der Waals surface area contributed by atoms with E-state index < -0.39 is 17.8 Å². The number of carbonyl (C=O) groups excluding carboxylic acids is 3. The largest absolute Gasteiger partial charge is 0.354 e. The van der Waals surface area contributed by atoms with Gasteiger partial charge in [-0.2, -0.15) is 0 Å². The summed E-state index contributed by atoms with van der Waals surface area (Å²) in [6.45, 7) is 9.62. The van der Waals surface area contributed by atoms with Gasteiger partial charge in [0.05, 0.1) is 5.56 Å². The smallest absolute Gasteiger partial charge is 0.254 e. The maximum Gasteiger partial charge on any atom is 0.254 e. The van der Waals surface area contributed by atoms with Gasteiger partial charge in [-0.05, 0) is 42.7 Å². The highest BCUT2D eigenvalue weighted by molar-refractivity contribution is 5.97. The van der Waals surface area contributed by atoms with Crippen LogP contribution >= 0.6 is 0 Å². The van der Waals surface area contributed by atoms with Gasteiger partial charge >= 0.3 is 0 Å². The summed E-state index contributed by atoms with van der Waals surface area (Å²) in [6, 6.07) is 4.97. The summed E-state index contributed by atoms with van der Waals surface area (Å²) in [6.07, 6.45) is 1.73. The van der Waals surface area contributed by atoms with Crippen LogP contribution in [-0.2, 0) is 9.59 Å². The molecule has 30 heavy (non-hydrogen) atoms. The average molecular weight is 420 g/mol. The van der Waals surface area contributed by atoms with Crippen LogP contribution in [0, 0.1) is 23.6 Å². The quantitative estimate of drug-likeness (QED) is 0.680. The van der Waals surface area contributed by atoms with Crippen molar-refractivity contribution in [2.75, 3.05) is 19.6 Å². The topological polar surface area (TPSA) is 78.5 Å². The molecule has 0 bridgehead atoms.